The Kier molecular flexibility index (Phi) is 3.22. The first kappa shape index (κ1) is 11.9. The Morgan fingerprint density at radius 1 is 1.62 bits per heavy atom. The SMILES string of the molecule is C[C@H](N)C(=O)N1CC[C@@]2(CC[C@@H](CO)C2)C1. The molecule has 0 aromatic heterocycles. The second-order valence-electron chi connectivity index (χ2n) is 5.59. The van der Waals surface area contributed by atoms with Crippen molar-refractivity contribution in [1.82, 2.24) is 4.90 Å². The highest BCUT2D eigenvalue weighted by Crippen LogP contribution is 2.47. The van der Waals surface area contributed by atoms with Crippen LogP contribution in [0.25, 0.3) is 0 Å². The molecule has 4 heteroatoms. The molecule has 0 bridgehead atoms. The first-order valence-corrected chi connectivity index (χ1v) is 6.21. The van der Waals surface area contributed by atoms with Crippen molar-refractivity contribution in [2.75, 3.05) is 19.7 Å². The molecule has 2 aliphatic rings. The van der Waals surface area contributed by atoms with Gasteiger partial charge >= 0.3 is 0 Å². The zero-order chi connectivity index (χ0) is 11.8. The van der Waals surface area contributed by atoms with Crippen molar-refractivity contribution in [3.63, 3.8) is 0 Å². The molecule has 3 atom stereocenters. The molecule has 0 aromatic rings. The highest BCUT2D eigenvalue weighted by atomic mass is 16.3. The smallest absolute Gasteiger partial charge is 0.239 e. The van der Waals surface area contributed by atoms with E-state index in [-0.39, 0.29) is 17.4 Å². The Balaban J connectivity index is 1.95. The Morgan fingerprint density at radius 3 is 2.94 bits per heavy atom. The van der Waals surface area contributed by atoms with Crippen LogP contribution in [0.15, 0.2) is 0 Å². The van der Waals surface area contributed by atoms with Gasteiger partial charge in [-0.05, 0) is 43.9 Å². The highest BCUT2D eigenvalue weighted by Gasteiger charge is 2.45. The topological polar surface area (TPSA) is 66.6 Å². The van der Waals surface area contributed by atoms with E-state index in [1.807, 2.05) is 4.90 Å². The van der Waals surface area contributed by atoms with Crippen molar-refractivity contribution in [2.45, 2.75) is 38.6 Å². The van der Waals surface area contributed by atoms with Crippen LogP contribution in [-0.2, 0) is 4.79 Å². The minimum Gasteiger partial charge on any atom is -0.396 e. The van der Waals surface area contributed by atoms with Crippen LogP contribution in [0.3, 0.4) is 0 Å². The minimum atomic E-state index is -0.384. The Bertz CT molecular complexity index is 280. The van der Waals surface area contributed by atoms with E-state index in [1.54, 1.807) is 6.92 Å². The van der Waals surface area contributed by atoms with E-state index in [4.69, 9.17) is 5.73 Å². The van der Waals surface area contributed by atoms with E-state index in [0.717, 1.165) is 38.8 Å². The molecule has 1 saturated heterocycles. The van der Waals surface area contributed by atoms with Crippen molar-refractivity contribution in [2.24, 2.45) is 17.1 Å². The van der Waals surface area contributed by atoms with Gasteiger partial charge in [0.2, 0.25) is 5.91 Å². The van der Waals surface area contributed by atoms with Gasteiger partial charge in [-0.25, -0.2) is 0 Å². The third-order valence-corrected chi connectivity index (χ3v) is 4.20. The molecule has 92 valence electrons. The molecule has 1 spiro atoms. The molecule has 3 N–H and O–H groups in total. The average Bonchev–Trinajstić information content (AvgIpc) is 2.85. The van der Waals surface area contributed by atoms with E-state index in [2.05, 4.69) is 0 Å². The van der Waals surface area contributed by atoms with Crippen molar-refractivity contribution in [3.05, 3.63) is 0 Å². The van der Waals surface area contributed by atoms with Gasteiger partial charge < -0.3 is 15.7 Å². The fraction of sp³-hybridized carbons (Fsp3) is 0.917. The van der Waals surface area contributed by atoms with Crippen LogP contribution in [0.5, 0.6) is 0 Å². The maximum Gasteiger partial charge on any atom is 0.239 e. The molecule has 2 rings (SSSR count). The number of carbonyl (C=O) groups excluding carboxylic acids is 1. The second kappa shape index (κ2) is 4.34. The maximum absolute atomic E-state index is 11.8. The monoisotopic (exact) mass is 226 g/mol. The molecule has 16 heavy (non-hydrogen) atoms. The maximum atomic E-state index is 11.8. The first-order valence-electron chi connectivity index (χ1n) is 6.21. The van der Waals surface area contributed by atoms with Crippen molar-refractivity contribution < 1.29 is 9.90 Å². The van der Waals surface area contributed by atoms with Crippen LogP contribution in [0.4, 0.5) is 0 Å². The summed E-state index contributed by atoms with van der Waals surface area (Å²) in [6.07, 6.45) is 4.42. The van der Waals surface area contributed by atoms with Gasteiger partial charge in [0.25, 0.3) is 0 Å². The van der Waals surface area contributed by atoms with Gasteiger partial charge in [0.05, 0.1) is 6.04 Å². The minimum absolute atomic E-state index is 0.0734. The van der Waals surface area contributed by atoms with Gasteiger partial charge in [0, 0.05) is 19.7 Å². The lowest BCUT2D eigenvalue weighted by Gasteiger charge is -2.25. The summed E-state index contributed by atoms with van der Waals surface area (Å²) >= 11 is 0. The van der Waals surface area contributed by atoms with Crippen LogP contribution >= 0.6 is 0 Å². The Morgan fingerprint density at radius 2 is 2.38 bits per heavy atom. The number of hydrogen-bond donors (Lipinski definition) is 2. The molecular formula is C12H22N2O2. The van der Waals surface area contributed by atoms with Crippen molar-refractivity contribution in [3.8, 4) is 0 Å². The quantitative estimate of drug-likeness (QED) is 0.714. The third kappa shape index (κ3) is 2.09. The summed E-state index contributed by atoms with van der Waals surface area (Å²) in [7, 11) is 0. The number of hydrogen-bond acceptors (Lipinski definition) is 3. The Hall–Kier alpha value is -0.610. The lowest BCUT2D eigenvalue weighted by molar-refractivity contribution is -0.131. The fourth-order valence-corrected chi connectivity index (χ4v) is 3.26. The Labute approximate surface area is 96.8 Å². The van der Waals surface area contributed by atoms with Gasteiger partial charge in [0.15, 0.2) is 0 Å². The molecule has 0 aromatic carbocycles. The van der Waals surface area contributed by atoms with Crippen LogP contribution in [0.2, 0.25) is 0 Å². The predicted molar refractivity (Wildman–Crippen MR) is 61.7 cm³/mol. The zero-order valence-corrected chi connectivity index (χ0v) is 9.98. The number of amides is 1. The summed E-state index contributed by atoms with van der Waals surface area (Å²) < 4.78 is 0. The second-order valence-corrected chi connectivity index (χ2v) is 5.59. The molecule has 4 nitrogen and oxygen atoms in total. The fourth-order valence-electron chi connectivity index (χ4n) is 3.26. The molecule has 1 aliphatic carbocycles. The average molecular weight is 226 g/mol. The van der Waals surface area contributed by atoms with E-state index in [9.17, 15) is 9.90 Å². The van der Waals surface area contributed by atoms with Crippen LogP contribution in [0, 0.1) is 11.3 Å². The molecule has 1 heterocycles. The van der Waals surface area contributed by atoms with Crippen LogP contribution < -0.4 is 5.73 Å². The summed E-state index contributed by atoms with van der Waals surface area (Å²) in [6, 6.07) is -0.384. The van der Waals surface area contributed by atoms with Gasteiger partial charge in [-0.3, -0.25) is 4.79 Å². The summed E-state index contributed by atoms with van der Waals surface area (Å²) in [4.78, 5) is 13.7. The lowest BCUT2D eigenvalue weighted by Crippen LogP contribution is -2.41. The lowest BCUT2D eigenvalue weighted by atomic mass is 9.84. The van der Waals surface area contributed by atoms with E-state index in [0.29, 0.717) is 12.5 Å². The van der Waals surface area contributed by atoms with Crippen molar-refractivity contribution in [1.29, 1.82) is 0 Å². The van der Waals surface area contributed by atoms with Gasteiger partial charge in [0.1, 0.15) is 0 Å². The first-order chi connectivity index (χ1) is 7.56. The van der Waals surface area contributed by atoms with Gasteiger partial charge in [-0.15, -0.1) is 0 Å². The largest absolute Gasteiger partial charge is 0.396 e. The summed E-state index contributed by atoms with van der Waals surface area (Å²) in [5.41, 5.74) is 5.91. The number of aliphatic hydroxyl groups is 1. The molecule has 1 aliphatic heterocycles. The molecule has 1 amide bonds. The van der Waals surface area contributed by atoms with E-state index < -0.39 is 0 Å². The van der Waals surface area contributed by atoms with Gasteiger partial charge in [-0.2, -0.15) is 0 Å². The predicted octanol–water partition coefficient (Wildman–Crippen LogP) is 0.345. The number of aliphatic hydroxyl groups excluding tert-OH is 1. The molecule has 2 fully saturated rings. The molecule has 0 radical (unpaired) electrons. The standard InChI is InChI=1S/C12H22N2O2/c1-9(13)11(16)14-5-4-12(8-14)3-2-10(6-12)7-15/h9-10,15H,2-8,13H2,1H3/t9-,10+,12+/m0/s1. The summed E-state index contributed by atoms with van der Waals surface area (Å²) in [5, 5.41) is 9.17. The molecule has 1 saturated carbocycles. The van der Waals surface area contributed by atoms with Crippen LogP contribution in [-0.4, -0.2) is 41.7 Å². The number of nitrogens with two attached hydrogens (primary N) is 1. The number of nitrogens with zero attached hydrogens (tertiary/aromatic N) is 1. The van der Waals surface area contributed by atoms with Crippen LogP contribution in [0.1, 0.15) is 32.6 Å². The summed E-state index contributed by atoms with van der Waals surface area (Å²) in [6.45, 7) is 3.74. The van der Waals surface area contributed by atoms with Gasteiger partial charge in [-0.1, -0.05) is 0 Å². The number of likely N-dealkylation sites (tertiary alicyclic amines) is 1. The number of carbonyl (C=O) groups is 1. The molecular weight excluding hydrogens is 204 g/mol. The number of rotatable bonds is 2. The molecule has 0 unspecified atom stereocenters. The third-order valence-electron chi connectivity index (χ3n) is 4.20. The zero-order valence-electron chi connectivity index (χ0n) is 9.98. The normalized spacial score (nSPS) is 35.9. The van der Waals surface area contributed by atoms with E-state index in [1.165, 1.54) is 0 Å². The van der Waals surface area contributed by atoms with Crippen molar-refractivity contribution >= 4 is 5.91 Å². The van der Waals surface area contributed by atoms with E-state index >= 15 is 0 Å². The summed E-state index contributed by atoms with van der Waals surface area (Å²) in [5.74, 6) is 0.523. The highest BCUT2D eigenvalue weighted by molar-refractivity contribution is 5.81.